The second-order valence-electron chi connectivity index (χ2n) is 5.54. The van der Waals surface area contributed by atoms with E-state index in [1.807, 2.05) is 0 Å². The van der Waals surface area contributed by atoms with Gasteiger partial charge < -0.3 is 5.11 Å². The van der Waals surface area contributed by atoms with Crippen LogP contribution in [-0.2, 0) is 6.18 Å². The summed E-state index contributed by atoms with van der Waals surface area (Å²) in [7, 11) is 0. The van der Waals surface area contributed by atoms with Gasteiger partial charge in [-0.2, -0.15) is 18.3 Å². The van der Waals surface area contributed by atoms with Gasteiger partial charge in [0.1, 0.15) is 5.56 Å². The Hall–Kier alpha value is -3.36. The van der Waals surface area contributed by atoms with Gasteiger partial charge in [-0.3, -0.25) is 14.5 Å². The number of aromatic nitrogens is 3. The number of pyridine rings is 1. The van der Waals surface area contributed by atoms with Gasteiger partial charge in [0.15, 0.2) is 0 Å². The van der Waals surface area contributed by atoms with Gasteiger partial charge in [0.25, 0.3) is 5.56 Å². The Morgan fingerprint density at radius 2 is 2.00 bits per heavy atom. The number of nitrogens with one attached hydrogen (secondary N) is 1. The molecule has 0 bridgehead atoms. The van der Waals surface area contributed by atoms with E-state index in [1.54, 1.807) is 0 Å². The van der Waals surface area contributed by atoms with Crippen molar-refractivity contribution in [3.63, 3.8) is 0 Å². The van der Waals surface area contributed by atoms with E-state index >= 15 is 0 Å². The van der Waals surface area contributed by atoms with E-state index in [-0.39, 0.29) is 5.69 Å². The molecule has 0 atom stereocenters. The van der Waals surface area contributed by atoms with Crippen LogP contribution >= 0.6 is 0 Å². The van der Waals surface area contributed by atoms with E-state index in [9.17, 15) is 27.9 Å². The number of carboxylic acid groups (broad SMARTS) is 1. The molecule has 0 radical (unpaired) electrons. The molecule has 3 rings (SSSR count). The Balaban J connectivity index is 2.34. The van der Waals surface area contributed by atoms with Crippen LogP contribution < -0.4 is 5.56 Å². The molecule has 0 unspecified atom stereocenters. The number of hydrogen-bond donors (Lipinski definition) is 2. The molecule has 26 heavy (non-hydrogen) atoms. The van der Waals surface area contributed by atoms with Crippen LogP contribution in [0.25, 0.3) is 16.8 Å². The summed E-state index contributed by atoms with van der Waals surface area (Å²) in [4.78, 5) is 24.0. The van der Waals surface area contributed by atoms with E-state index in [2.05, 4.69) is 10.2 Å². The standard InChI is InChI=1S/C17H12F3N3O3/c1-9-13(10-7-21-22-8-10)6-14(16(25)26)15(24)23(9)12-4-2-3-11(5-12)17(18,19)20/h2-8H,1H3,(H,21,22)(H,25,26). The van der Waals surface area contributed by atoms with Crippen LogP contribution in [0.15, 0.2) is 47.5 Å². The lowest BCUT2D eigenvalue weighted by Gasteiger charge is -2.16. The highest BCUT2D eigenvalue weighted by Crippen LogP contribution is 2.31. The van der Waals surface area contributed by atoms with Gasteiger partial charge in [-0.15, -0.1) is 0 Å². The Morgan fingerprint density at radius 3 is 2.58 bits per heavy atom. The molecule has 0 fully saturated rings. The fraction of sp³-hybridized carbons (Fsp3) is 0.118. The summed E-state index contributed by atoms with van der Waals surface area (Å²) >= 11 is 0. The maximum absolute atomic E-state index is 13.0. The van der Waals surface area contributed by atoms with Crippen LogP contribution in [0.1, 0.15) is 21.6 Å². The minimum atomic E-state index is -4.59. The molecule has 0 aliphatic rings. The zero-order valence-electron chi connectivity index (χ0n) is 13.3. The number of nitrogens with zero attached hydrogens (tertiary/aromatic N) is 2. The number of carbonyl (C=O) groups is 1. The first-order valence-corrected chi connectivity index (χ1v) is 7.37. The Bertz CT molecular complexity index is 1040. The number of benzene rings is 1. The molecular formula is C17H12F3N3O3. The van der Waals surface area contributed by atoms with Gasteiger partial charge in [-0.1, -0.05) is 6.07 Å². The van der Waals surface area contributed by atoms with Gasteiger partial charge >= 0.3 is 12.1 Å². The summed E-state index contributed by atoms with van der Waals surface area (Å²) in [5, 5.41) is 15.7. The van der Waals surface area contributed by atoms with Gasteiger partial charge in [0.05, 0.1) is 11.8 Å². The molecule has 0 spiro atoms. The smallest absolute Gasteiger partial charge is 0.416 e. The molecule has 0 aliphatic carbocycles. The number of alkyl halides is 3. The summed E-state index contributed by atoms with van der Waals surface area (Å²) in [6.45, 7) is 1.52. The van der Waals surface area contributed by atoms with Crippen LogP contribution in [-0.4, -0.2) is 25.8 Å². The van der Waals surface area contributed by atoms with Crippen molar-refractivity contribution in [2.24, 2.45) is 0 Å². The van der Waals surface area contributed by atoms with Crippen molar-refractivity contribution in [2.75, 3.05) is 0 Å². The first-order valence-electron chi connectivity index (χ1n) is 7.37. The second kappa shape index (κ2) is 6.17. The summed E-state index contributed by atoms with van der Waals surface area (Å²) in [5.74, 6) is -1.47. The monoisotopic (exact) mass is 363 g/mol. The zero-order chi connectivity index (χ0) is 19.1. The Kier molecular flexibility index (Phi) is 4.15. The topological polar surface area (TPSA) is 88.0 Å². The van der Waals surface area contributed by atoms with Gasteiger partial charge in [-0.05, 0) is 31.2 Å². The molecule has 0 aliphatic heterocycles. The molecular weight excluding hydrogens is 351 g/mol. The normalized spacial score (nSPS) is 11.5. The van der Waals surface area contributed by atoms with Crippen molar-refractivity contribution in [3.8, 4) is 16.8 Å². The quantitative estimate of drug-likeness (QED) is 0.748. The summed E-state index contributed by atoms with van der Waals surface area (Å²) < 4.78 is 40.0. The second-order valence-corrected chi connectivity index (χ2v) is 5.54. The van der Waals surface area contributed by atoms with Crippen LogP contribution in [0, 0.1) is 6.92 Å². The zero-order valence-corrected chi connectivity index (χ0v) is 13.3. The average molecular weight is 363 g/mol. The molecule has 9 heteroatoms. The molecule has 6 nitrogen and oxygen atoms in total. The van der Waals surface area contributed by atoms with Gasteiger partial charge in [-0.25, -0.2) is 4.79 Å². The minimum absolute atomic E-state index is 0.0739. The van der Waals surface area contributed by atoms with Crippen molar-refractivity contribution in [1.82, 2.24) is 14.8 Å². The van der Waals surface area contributed by atoms with Crippen molar-refractivity contribution >= 4 is 5.97 Å². The highest BCUT2D eigenvalue weighted by atomic mass is 19.4. The molecule has 0 amide bonds. The van der Waals surface area contributed by atoms with E-state index in [0.29, 0.717) is 16.8 Å². The predicted octanol–water partition coefficient (Wildman–Crippen LogP) is 3.25. The summed E-state index contributed by atoms with van der Waals surface area (Å²) in [6.07, 6.45) is -1.67. The van der Waals surface area contributed by atoms with Gasteiger partial charge in [0.2, 0.25) is 0 Å². The number of halogens is 3. The number of rotatable bonds is 3. The molecule has 0 saturated carbocycles. The van der Waals surface area contributed by atoms with Crippen molar-refractivity contribution < 1.29 is 23.1 Å². The highest BCUT2D eigenvalue weighted by molar-refractivity contribution is 5.89. The molecule has 0 saturated heterocycles. The fourth-order valence-electron chi connectivity index (χ4n) is 2.68. The first kappa shape index (κ1) is 17.5. The van der Waals surface area contributed by atoms with Crippen LogP contribution in [0.2, 0.25) is 0 Å². The third-order valence-electron chi connectivity index (χ3n) is 3.92. The molecule has 134 valence electrons. The van der Waals surface area contributed by atoms with Crippen molar-refractivity contribution in [2.45, 2.75) is 13.1 Å². The number of carboxylic acids is 1. The largest absolute Gasteiger partial charge is 0.477 e. The van der Waals surface area contributed by atoms with Crippen LogP contribution in [0.4, 0.5) is 13.2 Å². The number of aromatic carboxylic acids is 1. The van der Waals surface area contributed by atoms with Crippen molar-refractivity contribution in [1.29, 1.82) is 0 Å². The highest BCUT2D eigenvalue weighted by Gasteiger charge is 2.31. The molecule has 2 heterocycles. The molecule has 2 aromatic heterocycles. The first-order chi connectivity index (χ1) is 12.2. The van der Waals surface area contributed by atoms with E-state index < -0.39 is 28.8 Å². The van der Waals surface area contributed by atoms with E-state index in [1.165, 1.54) is 31.5 Å². The minimum Gasteiger partial charge on any atom is -0.477 e. The van der Waals surface area contributed by atoms with Crippen LogP contribution in [0.3, 0.4) is 0 Å². The summed E-state index contributed by atoms with van der Waals surface area (Å²) in [5.41, 5.74) is -1.31. The third-order valence-corrected chi connectivity index (χ3v) is 3.92. The average Bonchev–Trinajstić information content (AvgIpc) is 3.08. The van der Waals surface area contributed by atoms with Gasteiger partial charge in [0, 0.05) is 28.7 Å². The molecule has 1 aromatic carbocycles. The maximum Gasteiger partial charge on any atom is 0.416 e. The predicted molar refractivity (Wildman–Crippen MR) is 86.3 cm³/mol. The Morgan fingerprint density at radius 1 is 1.27 bits per heavy atom. The number of aromatic amines is 1. The molecule has 3 aromatic rings. The fourth-order valence-corrected chi connectivity index (χ4v) is 2.68. The molecule has 2 N–H and O–H groups in total. The SMILES string of the molecule is Cc1c(-c2cn[nH]c2)cc(C(=O)O)c(=O)n1-c1cccc(C(F)(F)F)c1. The van der Waals surface area contributed by atoms with E-state index in [4.69, 9.17) is 0 Å². The number of hydrogen-bond acceptors (Lipinski definition) is 3. The van der Waals surface area contributed by atoms with Crippen molar-refractivity contribution in [3.05, 3.63) is 69.9 Å². The van der Waals surface area contributed by atoms with Crippen LogP contribution in [0.5, 0.6) is 0 Å². The lowest BCUT2D eigenvalue weighted by Crippen LogP contribution is -2.27. The third kappa shape index (κ3) is 2.99. The lowest BCUT2D eigenvalue weighted by molar-refractivity contribution is -0.137. The Labute approximate surface area is 144 Å². The number of H-pyrrole nitrogens is 1. The lowest BCUT2D eigenvalue weighted by atomic mass is 10.0. The van der Waals surface area contributed by atoms with E-state index in [0.717, 1.165) is 22.8 Å². The maximum atomic E-state index is 13.0. The summed E-state index contributed by atoms with van der Waals surface area (Å²) in [6, 6.07) is 5.35.